The summed E-state index contributed by atoms with van der Waals surface area (Å²) in [5.41, 5.74) is 0. The molecular weight excluding hydrogens is 294 g/mol. The van der Waals surface area contributed by atoms with Crippen LogP contribution in [0.15, 0.2) is 0 Å². The van der Waals surface area contributed by atoms with E-state index in [1.54, 1.807) is 6.92 Å². The van der Waals surface area contributed by atoms with E-state index in [1.807, 2.05) is 13.8 Å². The maximum atomic E-state index is 12.4. The van der Waals surface area contributed by atoms with Crippen molar-refractivity contribution < 1.29 is 18.3 Å². The fraction of sp³-hybridized carbons (Fsp3) is 0.923. The summed E-state index contributed by atoms with van der Waals surface area (Å²) in [5.74, 6) is -1.07. The average Bonchev–Trinajstić information content (AvgIpc) is 2.44. The number of aliphatic carboxylic acids is 1. The molecule has 0 amide bonds. The van der Waals surface area contributed by atoms with Gasteiger partial charge >= 0.3 is 5.97 Å². The molecule has 1 aliphatic rings. The van der Waals surface area contributed by atoms with Crippen LogP contribution in [0.4, 0.5) is 0 Å². The molecule has 0 aliphatic carbocycles. The highest BCUT2D eigenvalue weighted by Gasteiger charge is 2.37. The first-order valence-corrected chi connectivity index (χ1v) is 9.00. The first kappa shape index (κ1) is 18.3. The molecule has 1 heterocycles. The Morgan fingerprint density at radius 1 is 1.38 bits per heavy atom. The van der Waals surface area contributed by atoms with Crippen LogP contribution in [0.5, 0.6) is 0 Å². The van der Waals surface area contributed by atoms with Crippen LogP contribution in [0.1, 0.15) is 40.0 Å². The summed E-state index contributed by atoms with van der Waals surface area (Å²) in [5, 5.41) is 9.19. The third-order valence-electron chi connectivity index (χ3n) is 3.82. The Morgan fingerprint density at radius 3 is 2.52 bits per heavy atom. The Bertz CT molecular complexity index is 437. The smallest absolute Gasteiger partial charge is 0.322 e. The van der Waals surface area contributed by atoms with Crippen LogP contribution in [0, 0.1) is 0 Å². The molecule has 0 aromatic heterocycles. The van der Waals surface area contributed by atoms with Crippen LogP contribution in [0.2, 0.25) is 0 Å². The maximum absolute atomic E-state index is 12.4. The predicted octanol–water partition coefficient (Wildman–Crippen LogP) is 0.490. The van der Waals surface area contributed by atoms with Crippen molar-refractivity contribution in [3.63, 3.8) is 0 Å². The van der Waals surface area contributed by atoms with Crippen LogP contribution in [0.3, 0.4) is 0 Å². The van der Waals surface area contributed by atoms with Gasteiger partial charge in [0.05, 0.1) is 0 Å². The van der Waals surface area contributed by atoms with E-state index in [-0.39, 0.29) is 12.6 Å². The maximum Gasteiger partial charge on any atom is 0.322 e. The SMILES string of the molecule is CCN(CC)CC(C)NS(=O)(=O)N1CCCCC1C(=O)O. The van der Waals surface area contributed by atoms with Crippen molar-refractivity contribution in [2.24, 2.45) is 0 Å². The molecule has 2 N–H and O–H groups in total. The van der Waals surface area contributed by atoms with Crippen molar-refractivity contribution in [3.05, 3.63) is 0 Å². The van der Waals surface area contributed by atoms with E-state index in [2.05, 4.69) is 9.62 Å². The van der Waals surface area contributed by atoms with E-state index in [0.717, 1.165) is 23.8 Å². The lowest BCUT2D eigenvalue weighted by Crippen LogP contribution is -2.55. The Hall–Kier alpha value is -0.700. The molecule has 1 saturated heterocycles. The molecule has 7 nitrogen and oxygen atoms in total. The summed E-state index contributed by atoms with van der Waals surface area (Å²) in [6.07, 6.45) is 1.83. The lowest BCUT2D eigenvalue weighted by molar-refractivity contribution is -0.142. The number of carboxylic acid groups (broad SMARTS) is 1. The lowest BCUT2D eigenvalue weighted by Gasteiger charge is -2.33. The third kappa shape index (κ3) is 5.21. The van der Waals surface area contributed by atoms with Crippen LogP contribution in [-0.2, 0) is 15.0 Å². The van der Waals surface area contributed by atoms with Gasteiger partial charge in [0.15, 0.2) is 0 Å². The number of nitrogens with one attached hydrogen (secondary N) is 1. The van der Waals surface area contributed by atoms with Gasteiger partial charge in [0.25, 0.3) is 10.2 Å². The Kier molecular flexibility index (Phi) is 7.05. The zero-order valence-corrected chi connectivity index (χ0v) is 13.9. The molecule has 124 valence electrons. The molecule has 0 aromatic carbocycles. The topological polar surface area (TPSA) is 90.0 Å². The number of carbonyl (C=O) groups is 1. The molecular formula is C13H27N3O4S. The highest BCUT2D eigenvalue weighted by atomic mass is 32.2. The van der Waals surface area contributed by atoms with Crippen LogP contribution >= 0.6 is 0 Å². The van der Waals surface area contributed by atoms with Crippen molar-refractivity contribution in [3.8, 4) is 0 Å². The molecule has 0 aromatic rings. The van der Waals surface area contributed by atoms with Crippen LogP contribution in [0.25, 0.3) is 0 Å². The fourth-order valence-corrected chi connectivity index (χ4v) is 4.29. The van der Waals surface area contributed by atoms with Gasteiger partial charge in [-0.15, -0.1) is 0 Å². The number of rotatable bonds is 8. The van der Waals surface area contributed by atoms with Crippen molar-refractivity contribution >= 4 is 16.2 Å². The largest absolute Gasteiger partial charge is 0.480 e. The quantitative estimate of drug-likeness (QED) is 0.679. The van der Waals surface area contributed by atoms with Gasteiger partial charge in [0.2, 0.25) is 0 Å². The molecule has 21 heavy (non-hydrogen) atoms. The fourth-order valence-electron chi connectivity index (χ4n) is 2.67. The highest BCUT2D eigenvalue weighted by Crippen LogP contribution is 2.20. The van der Waals surface area contributed by atoms with E-state index in [0.29, 0.717) is 19.4 Å². The van der Waals surface area contributed by atoms with E-state index in [1.165, 1.54) is 0 Å². The van der Waals surface area contributed by atoms with Gasteiger partial charge < -0.3 is 10.0 Å². The molecule has 1 rings (SSSR count). The minimum absolute atomic E-state index is 0.258. The second-order valence-corrected chi connectivity index (χ2v) is 7.13. The van der Waals surface area contributed by atoms with E-state index >= 15 is 0 Å². The predicted molar refractivity (Wildman–Crippen MR) is 81.3 cm³/mol. The van der Waals surface area contributed by atoms with Crippen molar-refractivity contribution in [1.29, 1.82) is 0 Å². The van der Waals surface area contributed by atoms with Crippen LogP contribution in [-0.4, -0.2) is 67.0 Å². The first-order valence-electron chi connectivity index (χ1n) is 7.56. The highest BCUT2D eigenvalue weighted by molar-refractivity contribution is 7.87. The van der Waals surface area contributed by atoms with Crippen LogP contribution < -0.4 is 4.72 Å². The van der Waals surface area contributed by atoms with Gasteiger partial charge in [-0.05, 0) is 39.3 Å². The average molecular weight is 321 g/mol. The number of nitrogens with zero attached hydrogens (tertiary/aromatic N) is 2. The normalized spacial score (nSPS) is 22.4. The Balaban J connectivity index is 2.72. The van der Waals surface area contributed by atoms with Gasteiger partial charge in [-0.25, -0.2) is 0 Å². The third-order valence-corrected chi connectivity index (χ3v) is 5.58. The number of hydrogen-bond acceptors (Lipinski definition) is 4. The van der Waals surface area contributed by atoms with E-state index < -0.39 is 22.2 Å². The minimum atomic E-state index is -3.76. The molecule has 2 atom stereocenters. The Labute approximate surface area is 127 Å². The van der Waals surface area contributed by atoms with E-state index in [9.17, 15) is 18.3 Å². The second-order valence-electron chi connectivity index (χ2n) is 5.47. The summed E-state index contributed by atoms with van der Waals surface area (Å²) in [6, 6.07) is -1.21. The molecule has 0 radical (unpaired) electrons. The van der Waals surface area contributed by atoms with Gasteiger partial charge in [0.1, 0.15) is 6.04 Å². The summed E-state index contributed by atoms with van der Waals surface area (Å²) in [4.78, 5) is 13.3. The molecule has 8 heteroatoms. The summed E-state index contributed by atoms with van der Waals surface area (Å²) < 4.78 is 28.5. The monoisotopic (exact) mass is 321 g/mol. The number of hydrogen-bond donors (Lipinski definition) is 2. The number of likely N-dealkylation sites (N-methyl/N-ethyl adjacent to an activating group) is 1. The molecule has 2 unspecified atom stereocenters. The minimum Gasteiger partial charge on any atom is -0.480 e. The standard InChI is InChI=1S/C13H27N3O4S/c1-4-15(5-2)10-11(3)14-21(19,20)16-9-7-6-8-12(16)13(17)18/h11-12,14H,4-10H2,1-3H3,(H,17,18). The molecule has 1 fully saturated rings. The molecule has 0 spiro atoms. The van der Waals surface area contributed by atoms with Gasteiger partial charge in [0, 0.05) is 19.1 Å². The number of piperidine rings is 1. The van der Waals surface area contributed by atoms with Crippen molar-refractivity contribution in [2.45, 2.75) is 52.1 Å². The van der Waals surface area contributed by atoms with Gasteiger partial charge in [-0.1, -0.05) is 13.8 Å². The Morgan fingerprint density at radius 2 is 2.00 bits per heavy atom. The zero-order chi connectivity index (χ0) is 16.0. The molecule has 0 bridgehead atoms. The summed E-state index contributed by atoms with van der Waals surface area (Å²) in [7, 11) is -3.76. The summed E-state index contributed by atoms with van der Waals surface area (Å²) in [6.45, 7) is 8.43. The van der Waals surface area contributed by atoms with Gasteiger partial charge in [-0.3, -0.25) is 4.79 Å². The number of carboxylic acids is 1. The van der Waals surface area contributed by atoms with Crippen molar-refractivity contribution in [1.82, 2.24) is 13.9 Å². The summed E-state index contributed by atoms with van der Waals surface area (Å²) >= 11 is 0. The van der Waals surface area contributed by atoms with Gasteiger partial charge in [-0.2, -0.15) is 17.4 Å². The van der Waals surface area contributed by atoms with E-state index in [4.69, 9.17) is 0 Å². The molecule has 0 saturated carbocycles. The van der Waals surface area contributed by atoms with Crippen molar-refractivity contribution in [2.75, 3.05) is 26.2 Å². The first-order chi connectivity index (χ1) is 9.81. The lowest BCUT2D eigenvalue weighted by atomic mass is 10.1. The second kappa shape index (κ2) is 8.07. The zero-order valence-electron chi connectivity index (χ0n) is 13.1. The molecule has 1 aliphatic heterocycles.